The molecule has 2 aliphatic heterocycles. The van der Waals surface area contributed by atoms with Crippen LogP contribution in [0.25, 0.3) is 0 Å². The van der Waals surface area contributed by atoms with E-state index in [0.717, 1.165) is 32.5 Å². The molecule has 2 aliphatic rings. The monoisotopic (exact) mass is 235 g/mol. The maximum Gasteiger partial charge on any atom is 0.276 e. The topological polar surface area (TPSA) is 58.4 Å². The minimum Gasteiger partial charge on any atom is -0.361 e. The Morgan fingerprint density at radius 3 is 3.24 bits per heavy atom. The van der Waals surface area contributed by atoms with Crippen molar-refractivity contribution in [3.05, 3.63) is 17.5 Å². The average Bonchev–Trinajstić information content (AvgIpc) is 2.94. The second kappa shape index (κ2) is 4.14. The summed E-state index contributed by atoms with van der Waals surface area (Å²) < 4.78 is 4.97. The fourth-order valence-electron chi connectivity index (χ4n) is 2.95. The largest absolute Gasteiger partial charge is 0.361 e. The standard InChI is InChI=1S/C12H17N3O2/c1-8-6-10(14-17-8)12(16)15-5-3-9-7-13-4-2-11(9)15/h6,9,11,13H,2-5,7H2,1H3. The van der Waals surface area contributed by atoms with Crippen LogP contribution >= 0.6 is 0 Å². The summed E-state index contributed by atoms with van der Waals surface area (Å²) in [4.78, 5) is 14.3. The Labute approximate surface area is 100 Å². The maximum atomic E-state index is 12.3. The molecule has 2 atom stereocenters. The number of amides is 1. The van der Waals surface area contributed by atoms with Crippen LogP contribution in [-0.4, -0.2) is 41.6 Å². The zero-order chi connectivity index (χ0) is 11.8. The molecule has 0 aliphatic carbocycles. The Hall–Kier alpha value is -1.36. The van der Waals surface area contributed by atoms with Crippen LogP contribution in [0.5, 0.6) is 0 Å². The lowest BCUT2D eigenvalue weighted by Crippen LogP contribution is -2.45. The minimum absolute atomic E-state index is 0.0243. The molecule has 3 rings (SSSR count). The molecule has 3 heterocycles. The smallest absolute Gasteiger partial charge is 0.276 e. The number of aryl methyl sites for hydroxylation is 1. The van der Waals surface area contributed by atoms with Crippen molar-refractivity contribution >= 4 is 5.91 Å². The van der Waals surface area contributed by atoms with E-state index in [4.69, 9.17) is 4.52 Å². The van der Waals surface area contributed by atoms with Gasteiger partial charge in [0.15, 0.2) is 5.69 Å². The molecule has 0 aromatic carbocycles. The summed E-state index contributed by atoms with van der Waals surface area (Å²) in [5, 5.41) is 7.20. The zero-order valence-corrected chi connectivity index (χ0v) is 9.98. The van der Waals surface area contributed by atoms with Gasteiger partial charge in [-0.25, -0.2) is 0 Å². The maximum absolute atomic E-state index is 12.3. The summed E-state index contributed by atoms with van der Waals surface area (Å²) in [6.07, 6.45) is 2.15. The van der Waals surface area contributed by atoms with Crippen LogP contribution in [0.15, 0.2) is 10.6 Å². The number of rotatable bonds is 1. The number of aromatic nitrogens is 1. The molecule has 17 heavy (non-hydrogen) atoms. The molecule has 2 unspecified atom stereocenters. The average molecular weight is 235 g/mol. The zero-order valence-electron chi connectivity index (χ0n) is 9.98. The minimum atomic E-state index is 0.0243. The van der Waals surface area contributed by atoms with Gasteiger partial charge >= 0.3 is 0 Å². The first-order valence-electron chi connectivity index (χ1n) is 6.20. The molecule has 1 aromatic rings. The van der Waals surface area contributed by atoms with Gasteiger partial charge in [-0.2, -0.15) is 0 Å². The van der Waals surface area contributed by atoms with Crippen molar-refractivity contribution in [2.75, 3.05) is 19.6 Å². The fourth-order valence-corrected chi connectivity index (χ4v) is 2.95. The highest BCUT2D eigenvalue weighted by atomic mass is 16.5. The van der Waals surface area contributed by atoms with Crippen molar-refractivity contribution in [3.8, 4) is 0 Å². The van der Waals surface area contributed by atoms with Crippen LogP contribution < -0.4 is 5.32 Å². The molecule has 1 amide bonds. The number of nitrogens with one attached hydrogen (secondary N) is 1. The Morgan fingerprint density at radius 2 is 2.47 bits per heavy atom. The summed E-state index contributed by atoms with van der Waals surface area (Å²) in [6, 6.07) is 2.11. The van der Waals surface area contributed by atoms with Gasteiger partial charge in [-0.1, -0.05) is 5.16 Å². The lowest BCUT2D eigenvalue weighted by atomic mass is 9.94. The van der Waals surface area contributed by atoms with Crippen molar-refractivity contribution < 1.29 is 9.32 Å². The highest BCUT2D eigenvalue weighted by Gasteiger charge is 2.39. The molecule has 5 heteroatoms. The summed E-state index contributed by atoms with van der Waals surface area (Å²) >= 11 is 0. The molecular weight excluding hydrogens is 218 g/mol. The number of hydrogen-bond donors (Lipinski definition) is 1. The lowest BCUT2D eigenvalue weighted by Gasteiger charge is -2.31. The van der Waals surface area contributed by atoms with E-state index >= 15 is 0 Å². The summed E-state index contributed by atoms with van der Waals surface area (Å²) in [5.74, 6) is 1.33. The van der Waals surface area contributed by atoms with Crippen molar-refractivity contribution in [1.82, 2.24) is 15.4 Å². The summed E-state index contributed by atoms with van der Waals surface area (Å²) in [7, 11) is 0. The molecule has 1 aromatic heterocycles. The van der Waals surface area contributed by atoms with Gasteiger partial charge in [0.25, 0.3) is 5.91 Å². The number of likely N-dealkylation sites (tertiary alicyclic amines) is 1. The van der Waals surface area contributed by atoms with Crippen molar-refractivity contribution in [1.29, 1.82) is 0 Å². The lowest BCUT2D eigenvalue weighted by molar-refractivity contribution is 0.0687. The number of nitrogens with zero attached hydrogens (tertiary/aromatic N) is 2. The Morgan fingerprint density at radius 1 is 1.59 bits per heavy atom. The Kier molecular flexibility index (Phi) is 2.63. The third-order valence-electron chi connectivity index (χ3n) is 3.82. The predicted molar refractivity (Wildman–Crippen MR) is 61.7 cm³/mol. The van der Waals surface area contributed by atoms with E-state index in [2.05, 4.69) is 10.5 Å². The third kappa shape index (κ3) is 1.84. The van der Waals surface area contributed by atoms with Crippen molar-refractivity contribution in [3.63, 3.8) is 0 Å². The third-order valence-corrected chi connectivity index (χ3v) is 3.82. The van der Waals surface area contributed by atoms with Gasteiger partial charge in [-0.05, 0) is 38.8 Å². The first kappa shape index (κ1) is 10.8. The summed E-state index contributed by atoms with van der Waals surface area (Å²) in [5.41, 5.74) is 0.446. The molecule has 0 saturated carbocycles. The number of carbonyl (C=O) groups excluding carboxylic acids is 1. The van der Waals surface area contributed by atoms with Gasteiger partial charge in [0.2, 0.25) is 0 Å². The van der Waals surface area contributed by atoms with Gasteiger partial charge in [0.05, 0.1) is 0 Å². The van der Waals surface area contributed by atoms with Crippen LogP contribution in [0, 0.1) is 12.8 Å². The van der Waals surface area contributed by atoms with Crippen molar-refractivity contribution in [2.45, 2.75) is 25.8 Å². The van der Waals surface area contributed by atoms with Crippen LogP contribution in [0.3, 0.4) is 0 Å². The highest BCUT2D eigenvalue weighted by molar-refractivity contribution is 5.92. The Bertz CT molecular complexity index is 429. The normalized spacial score (nSPS) is 28.2. The van der Waals surface area contributed by atoms with E-state index < -0.39 is 0 Å². The molecule has 5 nitrogen and oxygen atoms in total. The van der Waals surface area contributed by atoms with Gasteiger partial charge in [-0.15, -0.1) is 0 Å². The second-order valence-electron chi connectivity index (χ2n) is 4.93. The number of fused-ring (bicyclic) bond motifs is 1. The molecular formula is C12H17N3O2. The number of piperidine rings is 1. The molecule has 1 N–H and O–H groups in total. The predicted octanol–water partition coefficient (Wildman–Crippen LogP) is 0.807. The molecule has 2 saturated heterocycles. The summed E-state index contributed by atoms with van der Waals surface area (Å²) in [6.45, 7) is 4.69. The van der Waals surface area contributed by atoms with E-state index in [9.17, 15) is 4.79 Å². The van der Waals surface area contributed by atoms with E-state index in [1.54, 1.807) is 13.0 Å². The fraction of sp³-hybridized carbons (Fsp3) is 0.667. The van der Waals surface area contributed by atoms with Crippen LogP contribution in [-0.2, 0) is 0 Å². The van der Waals surface area contributed by atoms with Crippen molar-refractivity contribution in [2.24, 2.45) is 5.92 Å². The van der Waals surface area contributed by atoms with Crippen LogP contribution in [0.2, 0.25) is 0 Å². The van der Waals surface area contributed by atoms with Gasteiger partial charge < -0.3 is 14.7 Å². The highest BCUT2D eigenvalue weighted by Crippen LogP contribution is 2.29. The van der Waals surface area contributed by atoms with E-state index in [-0.39, 0.29) is 5.91 Å². The molecule has 0 spiro atoms. The van der Waals surface area contributed by atoms with Gasteiger partial charge in [0, 0.05) is 18.7 Å². The van der Waals surface area contributed by atoms with Gasteiger partial charge in [-0.3, -0.25) is 4.79 Å². The molecule has 92 valence electrons. The molecule has 0 radical (unpaired) electrons. The quantitative estimate of drug-likeness (QED) is 0.782. The first-order chi connectivity index (χ1) is 8.25. The molecule has 2 fully saturated rings. The first-order valence-corrected chi connectivity index (χ1v) is 6.20. The SMILES string of the molecule is Cc1cc(C(=O)N2CCC3CNCCC32)no1. The Balaban J connectivity index is 1.78. The number of carbonyl (C=O) groups is 1. The number of hydrogen-bond acceptors (Lipinski definition) is 4. The van der Waals surface area contributed by atoms with Crippen LogP contribution in [0.4, 0.5) is 0 Å². The van der Waals surface area contributed by atoms with Gasteiger partial charge in [0.1, 0.15) is 5.76 Å². The molecule has 0 bridgehead atoms. The van der Waals surface area contributed by atoms with Crippen LogP contribution in [0.1, 0.15) is 29.1 Å². The van der Waals surface area contributed by atoms with E-state index in [1.165, 1.54) is 0 Å². The van der Waals surface area contributed by atoms with E-state index in [0.29, 0.717) is 23.4 Å². The second-order valence-corrected chi connectivity index (χ2v) is 4.93. The van der Waals surface area contributed by atoms with E-state index in [1.807, 2.05) is 4.90 Å².